The molecular weight excluding hydrogens is 154 g/mol. The van der Waals surface area contributed by atoms with Crippen LogP contribution in [-0.4, -0.2) is 25.2 Å². The molecule has 1 unspecified atom stereocenters. The fourth-order valence-corrected chi connectivity index (χ4v) is 1.38. The summed E-state index contributed by atoms with van der Waals surface area (Å²) in [5.41, 5.74) is 0. The topological polar surface area (TPSA) is 38.3 Å². The molecule has 0 aromatic carbocycles. The van der Waals surface area contributed by atoms with Crippen molar-refractivity contribution in [1.82, 2.24) is 5.32 Å². The van der Waals surface area contributed by atoms with Gasteiger partial charge < -0.3 is 10.1 Å². The van der Waals surface area contributed by atoms with E-state index < -0.39 is 0 Å². The summed E-state index contributed by atoms with van der Waals surface area (Å²) >= 11 is 0. The first-order chi connectivity index (χ1) is 5.74. The lowest BCUT2D eigenvalue weighted by molar-refractivity contribution is -0.137. The summed E-state index contributed by atoms with van der Waals surface area (Å²) in [7, 11) is 0. The molecule has 0 radical (unpaired) electrons. The van der Waals surface area contributed by atoms with Crippen molar-refractivity contribution >= 4 is 5.91 Å². The molecule has 12 heavy (non-hydrogen) atoms. The van der Waals surface area contributed by atoms with Crippen LogP contribution in [0.3, 0.4) is 0 Å². The smallest absolute Gasteiger partial charge is 0.249 e. The second-order valence-corrected chi connectivity index (χ2v) is 3.40. The summed E-state index contributed by atoms with van der Waals surface area (Å²) < 4.78 is 5.39. The van der Waals surface area contributed by atoms with E-state index >= 15 is 0 Å². The number of rotatable bonds is 2. The van der Waals surface area contributed by atoms with E-state index in [-0.39, 0.29) is 12.0 Å². The molecule has 1 N–H and O–H groups in total. The highest BCUT2D eigenvalue weighted by Crippen LogP contribution is 2.17. The van der Waals surface area contributed by atoms with Crippen LogP contribution in [0.15, 0.2) is 0 Å². The largest absolute Gasteiger partial charge is 0.368 e. The molecule has 1 fully saturated rings. The molecule has 0 aliphatic carbocycles. The Hall–Kier alpha value is -0.570. The zero-order valence-electron chi connectivity index (χ0n) is 7.80. The molecule has 1 saturated heterocycles. The van der Waals surface area contributed by atoms with Crippen LogP contribution in [0.1, 0.15) is 26.7 Å². The van der Waals surface area contributed by atoms with Crippen LogP contribution in [0.4, 0.5) is 0 Å². The summed E-state index contributed by atoms with van der Waals surface area (Å²) in [4.78, 5) is 11.3. The number of carbonyl (C=O) groups is 1. The predicted molar refractivity (Wildman–Crippen MR) is 46.8 cm³/mol. The Morgan fingerprint density at radius 1 is 1.58 bits per heavy atom. The second kappa shape index (κ2) is 4.45. The number of nitrogens with one attached hydrogen (secondary N) is 1. The van der Waals surface area contributed by atoms with Crippen molar-refractivity contribution in [3.63, 3.8) is 0 Å². The van der Waals surface area contributed by atoms with Gasteiger partial charge in [-0.3, -0.25) is 4.79 Å². The highest BCUT2D eigenvalue weighted by Gasteiger charge is 2.24. The normalized spacial score (nSPS) is 29.8. The van der Waals surface area contributed by atoms with Crippen molar-refractivity contribution in [3.05, 3.63) is 0 Å². The maximum atomic E-state index is 11.3. The van der Waals surface area contributed by atoms with E-state index in [0.29, 0.717) is 12.5 Å². The highest BCUT2D eigenvalue weighted by molar-refractivity contribution is 5.80. The third-order valence-electron chi connectivity index (χ3n) is 2.15. The third kappa shape index (κ3) is 2.48. The first kappa shape index (κ1) is 9.52. The SMILES string of the molecule is CCNC(=O)[C@@H]1CCC(C)CO1. The number of hydrogen-bond acceptors (Lipinski definition) is 2. The number of amides is 1. The van der Waals surface area contributed by atoms with E-state index in [1.165, 1.54) is 0 Å². The summed E-state index contributed by atoms with van der Waals surface area (Å²) in [6.07, 6.45) is 1.77. The Balaban J connectivity index is 2.29. The van der Waals surface area contributed by atoms with Gasteiger partial charge in [0.2, 0.25) is 5.91 Å². The van der Waals surface area contributed by atoms with E-state index in [4.69, 9.17) is 4.74 Å². The van der Waals surface area contributed by atoms with Crippen molar-refractivity contribution in [2.45, 2.75) is 32.8 Å². The maximum absolute atomic E-state index is 11.3. The van der Waals surface area contributed by atoms with Crippen LogP contribution < -0.4 is 5.32 Å². The molecule has 1 heterocycles. The van der Waals surface area contributed by atoms with Gasteiger partial charge in [0.25, 0.3) is 0 Å². The first-order valence-electron chi connectivity index (χ1n) is 4.63. The Morgan fingerprint density at radius 2 is 2.33 bits per heavy atom. The van der Waals surface area contributed by atoms with Crippen LogP contribution in [-0.2, 0) is 9.53 Å². The minimum absolute atomic E-state index is 0.0457. The lowest BCUT2D eigenvalue weighted by atomic mass is 10.00. The molecule has 3 nitrogen and oxygen atoms in total. The van der Waals surface area contributed by atoms with E-state index in [1.54, 1.807) is 0 Å². The standard InChI is InChI=1S/C9H17NO2/c1-3-10-9(11)8-5-4-7(2)6-12-8/h7-8H,3-6H2,1-2H3,(H,10,11)/t7?,8-/m0/s1. The zero-order chi connectivity index (χ0) is 8.97. The van der Waals surface area contributed by atoms with E-state index in [2.05, 4.69) is 12.2 Å². The fraction of sp³-hybridized carbons (Fsp3) is 0.889. The molecule has 3 heteroatoms. The monoisotopic (exact) mass is 171 g/mol. The van der Waals surface area contributed by atoms with Crippen molar-refractivity contribution in [1.29, 1.82) is 0 Å². The summed E-state index contributed by atoms with van der Waals surface area (Å²) in [6, 6.07) is 0. The number of hydrogen-bond donors (Lipinski definition) is 1. The molecule has 70 valence electrons. The van der Waals surface area contributed by atoms with Gasteiger partial charge in [0.15, 0.2) is 0 Å². The van der Waals surface area contributed by atoms with Gasteiger partial charge in [0.1, 0.15) is 6.10 Å². The number of ether oxygens (including phenoxy) is 1. The van der Waals surface area contributed by atoms with Gasteiger partial charge in [-0.1, -0.05) is 6.92 Å². The Bertz CT molecular complexity index is 151. The van der Waals surface area contributed by atoms with Gasteiger partial charge in [0.05, 0.1) is 6.61 Å². The van der Waals surface area contributed by atoms with Gasteiger partial charge in [-0.15, -0.1) is 0 Å². The van der Waals surface area contributed by atoms with Crippen LogP contribution >= 0.6 is 0 Å². The molecule has 0 aromatic rings. The quantitative estimate of drug-likeness (QED) is 0.671. The van der Waals surface area contributed by atoms with E-state index in [1.807, 2.05) is 6.92 Å². The van der Waals surface area contributed by atoms with Crippen LogP contribution in [0.2, 0.25) is 0 Å². The van der Waals surface area contributed by atoms with Crippen molar-refractivity contribution < 1.29 is 9.53 Å². The second-order valence-electron chi connectivity index (χ2n) is 3.40. The van der Waals surface area contributed by atoms with E-state index in [0.717, 1.165) is 19.4 Å². The molecule has 0 spiro atoms. The van der Waals surface area contributed by atoms with Gasteiger partial charge in [-0.2, -0.15) is 0 Å². The number of carbonyl (C=O) groups excluding carboxylic acids is 1. The Morgan fingerprint density at radius 3 is 2.83 bits per heavy atom. The zero-order valence-corrected chi connectivity index (χ0v) is 7.80. The molecule has 1 amide bonds. The van der Waals surface area contributed by atoms with Crippen molar-refractivity contribution in [2.24, 2.45) is 5.92 Å². The fourth-order valence-electron chi connectivity index (χ4n) is 1.38. The average molecular weight is 171 g/mol. The lowest BCUT2D eigenvalue weighted by Crippen LogP contribution is -2.39. The molecule has 1 aliphatic rings. The molecule has 0 saturated carbocycles. The minimum atomic E-state index is -0.193. The van der Waals surface area contributed by atoms with E-state index in [9.17, 15) is 4.79 Å². The molecule has 1 rings (SSSR count). The summed E-state index contributed by atoms with van der Waals surface area (Å²) in [5.74, 6) is 0.653. The summed E-state index contributed by atoms with van der Waals surface area (Å²) in [5, 5.41) is 2.77. The van der Waals surface area contributed by atoms with Crippen LogP contribution in [0, 0.1) is 5.92 Å². The third-order valence-corrected chi connectivity index (χ3v) is 2.15. The minimum Gasteiger partial charge on any atom is -0.368 e. The Kier molecular flexibility index (Phi) is 3.53. The van der Waals surface area contributed by atoms with Crippen LogP contribution in [0.25, 0.3) is 0 Å². The maximum Gasteiger partial charge on any atom is 0.249 e. The van der Waals surface area contributed by atoms with Crippen LogP contribution in [0.5, 0.6) is 0 Å². The lowest BCUT2D eigenvalue weighted by Gasteiger charge is -2.25. The first-order valence-corrected chi connectivity index (χ1v) is 4.63. The predicted octanol–water partition coefficient (Wildman–Crippen LogP) is 0.938. The summed E-state index contributed by atoms with van der Waals surface area (Å²) in [6.45, 7) is 5.48. The van der Waals surface area contributed by atoms with Gasteiger partial charge in [0, 0.05) is 6.54 Å². The van der Waals surface area contributed by atoms with Crippen molar-refractivity contribution in [2.75, 3.05) is 13.2 Å². The molecular formula is C9H17NO2. The molecule has 1 aliphatic heterocycles. The Labute approximate surface area is 73.5 Å². The number of likely N-dealkylation sites (N-methyl/N-ethyl adjacent to an activating group) is 1. The molecule has 2 atom stereocenters. The molecule has 0 bridgehead atoms. The molecule has 0 aromatic heterocycles. The van der Waals surface area contributed by atoms with Crippen molar-refractivity contribution in [3.8, 4) is 0 Å². The van der Waals surface area contributed by atoms with Gasteiger partial charge in [-0.05, 0) is 25.7 Å². The van der Waals surface area contributed by atoms with Gasteiger partial charge >= 0.3 is 0 Å². The van der Waals surface area contributed by atoms with Gasteiger partial charge in [-0.25, -0.2) is 0 Å². The highest BCUT2D eigenvalue weighted by atomic mass is 16.5. The average Bonchev–Trinajstić information content (AvgIpc) is 2.06.